The van der Waals surface area contributed by atoms with Gasteiger partial charge in [0.05, 0.1) is 6.54 Å². The molecule has 1 spiro atoms. The highest BCUT2D eigenvalue weighted by atomic mass is 19.1. The standard InChI is InChI=1S/C23H25FN2O5/c1-14-8-9-18-16(11-14)23(21(30)25(18)10-4-7-20(28)29)12-19(27)26(22(23)31)13-15-5-2-3-6-17(15)24/h2-3,5-6,8-9,11,20,22,28-29,31H,4,7,10,12-13H2,1H3. The Bertz CT molecular complexity index is 1030. The van der Waals surface area contributed by atoms with Crippen LogP contribution >= 0.6 is 0 Å². The lowest BCUT2D eigenvalue weighted by Crippen LogP contribution is -2.49. The molecule has 0 bridgehead atoms. The quantitative estimate of drug-likeness (QED) is 0.607. The van der Waals surface area contributed by atoms with E-state index in [-0.39, 0.29) is 31.5 Å². The molecule has 1 fully saturated rings. The number of hydrogen-bond donors (Lipinski definition) is 3. The van der Waals surface area contributed by atoms with Gasteiger partial charge in [0.25, 0.3) is 0 Å². The number of aryl methyl sites for hydroxylation is 1. The predicted octanol–water partition coefficient (Wildman–Crippen LogP) is 1.56. The second kappa shape index (κ2) is 8.03. The van der Waals surface area contributed by atoms with Crippen LogP contribution in [0.4, 0.5) is 10.1 Å². The molecule has 4 rings (SSSR count). The summed E-state index contributed by atoms with van der Waals surface area (Å²) in [5.74, 6) is -1.32. The number of rotatable bonds is 6. The van der Waals surface area contributed by atoms with Gasteiger partial charge in [-0.3, -0.25) is 9.59 Å². The first-order valence-electron chi connectivity index (χ1n) is 10.3. The van der Waals surface area contributed by atoms with E-state index < -0.39 is 35.6 Å². The Kier molecular flexibility index (Phi) is 5.55. The van der Waals surface area contributed by atoms with Crippen molar-refractivity contribution in [2.45, 2.75) is 50.7 Å². The minimum atomic E-state index is -1.47. The Labute approximate surface area is 179 Å². The first kappa shape index (κ1) is 21.4. The van der Waals surface area contributed by atoms with Crippen molar-refractivity contribution in [2.75, 3.05) is 11.4 Å². The summed E-state index contributed by atoms with van der Waals surface area (Å²) in [5, 5.41) is 29.5. The van der Waals surface area contributed by atoms with Gasteiger partial charge in [0.2, 0.25) is 11.8 Å². The molecule has 2 atom stereocenters. The number of likely N-dealkylation sites (tertiary alicyclic amines) is 1. The van der Waals surface area contributed by atoms with Crippen LogP contribution in [0.2, 0.25) is 0 Å². The van der Waals surface area contributed by atoms with Crippen molar-refractivity contribution in [3.8, 4) is 0 Å². The Morgan fingerprint density at radius 3 is 2.65 bits per heavy atom. The van der Waals surface area contributed by atoms with Crippen molar-refractivity contribution in [3.05, 3.63) is 65.0 Å². The summed E-state index contributed by atoms with van der Waals surface area (Å²) >= 11 is 0. The minimum absolute atomic E-state index is 0.0961. The fourth-order valence-electron chi connectivity index (χ4n) is 4.60. The van der Waals surface area contributed by atoms with E-state index >= 15 is 0 Å². The van der Waals surface area contributed by atoms with E-state index in [0.29, 0.717) is 17.7 Å². The topological polar surface area (TPSA) is 101 Å². The normalized spacial score (nSPS) is 22.8. The molecule has 2 aliphatic rings. The number of nitrogens with zero attached hydrogens (tertiary/aromatic N) is 2. The molecular weight excluding hydrogens is 403 g/mol. The molecule has 2 aromatic carbocycles. The number of amides is 2. The average molecular weight is 428 g/mol. The van der Waals surface area contributed by atoms with E-state index in [1.165, 1.54) is 11.0 Å². The molecule has 7 nitrogen and oxygen atoms in total. The SMILES string of the molecule is Cc1ccc2c(c1)C1(CC(=O)N(Cc3ccccc3F)C1O)C(=O)N2CCCC(O)O. The van der Waals surface area contributed by atoms with Crippen LogP contribution in [0.5, 0.6) is 0 Å². The monoisotopic (exact) mass is 428 g/mol. The zero-order valence-corrected chi connectivity index (χ0v) is 17.2. The van der Waals surface area contributed by atoms with Crippen LogP contribution in [0, 0.1) is 12.7 Å². The molecular formula is C23H25FN2O5. The zero-order chi connectivity index (χ0) is 22.3. The summed E-state index contributed by atoms with van der Waals surface area (Å²) in [6, 6.07) is 11.5. The first-order chi connectivity index (χ1) is 14.8. The molecule has 3 N–H and O–H groups in total. The third-order valence-corrected chi connectivity index (χ3v) is 6.18. The van der Waals surface area contributed by atoms with Crippen LogP contribution in [-0.4, -0.2) is 51.1 Å². The highest BCUT2D eigenvalue weighted by Gasteiger charge is 2.63. The lowest BCUT2D eigenvalue weighted by atomic mass is 9.78. The molecule has 2 aliphatic heterocycles. The fraction of sp³-hybridized carbons (Fsp3) is 0.391. The second-order valence-corrected chi connectivity index (χ2v) is 8.24. The van der Waals surface area contributed by atoms with Gasteiger partial charge in [0.1, 0.15) is 17.5 Å². The number of carbonyl (C=O) groups is 2. The van der Waals surface area contributed by atoms with Crippen molar-refractivity contribution < 1.29 is 29.3 Å². The van der Waals surface area contributed by atoms with Crippen molar-refractivity contribution in [1.82, 2.24) is 4.90 Å². The maximum Gasteiger partial charge on any atom is 0.242 e. The highest BCUT2D eigenvalue weighted by molar-refractivity contribution is 6.12. The molecule has 2 aromatic rings. The Hall–Kier alpha value is -2.81. The Morgan fingerprint density at radius 2 is 1.94 bits per heavy atom. The van der Waals surface area contributed by atoms with Crippen LogP contribution in [0.3, 0.4) is 0 Å². The molecule has 2 unspecified atom stereocenters. The summed E-state index contributed by atoms with van der Waals surface area (Å²) in [7, 11) is 0. The third kappa shape index (κ3) is 3.50. The molecule has 0 radical (unpaired) electrons. The largest absolute Gasteiger partial charge is 0.372 e. The van der Waals surface area contributed by atoms with E-state index in [2.05, 4.69) is 0 Å². The van der Waals surface area contributed by atoms with Crippen molar-refractivity contribution in [2.24, 2.45) is 0 Å². The number of aliphatic hydroxyl groups is 3. The number of anilines is 1. The van der Waals surface area contributed by atoms with E-state index in [1.54, 1.807) is 30.3 Å². The van der Waals surface area contributed by atoms with Crippen LogP contribution in [0.25, 0.3) is 0 Å². The van der Waals surface area contributed by atoms with E-state index in [9.17, 15) is 19.1 Å². The Balaban J connectivity index is 1.70. The molecule has 0 saturated carbocycles. The molecule has 1 saturated heterocycles. The van der Waals surface area contributed by atoms with Crippen LogP contribution in [0.1, 0.15) is 36.0 Å². The van der Waals surface area contributed by atoms with Gasteiger partial charge < -0.3 is 25.1 Å². The maximum atomic E-state index is 14.2. The van der Waals surface area contributed by atoms with Gasteiger partial charge in [0.15, 0.2) is 6.29 Å². The lowest BCUT2D eigenvalue weighted by Gasteiger charge is -2.30. The van der Waals surface area contributed by atoms with E-state index in [0.717, 1.165) is 10.5 Å². The molecule has 0 aromatic heterocycles. The molecule has 2 heterocycles. The van der Waals surface area contributed by atoms with Gasteiger partial charge in [-0.25, -0.2) is 4.39 Å². The van der Waals surface area contributed by atoms with E-state index in [4.69, 9.17) is 10.2 Å². The highest BCUT2D eigenvalue weighted by Crippen LogP contribution is 2.51. The number of carbonyl (C=O) groups excluding carboxylic acids is 2. The molecule has 0 aliphatic carbocycles. The van der Waals surface area contributed by atoms with Crippen LogP contribution < -0.4 is 4.90 Å². The minimum Gasteiger partial charge on any atom is -0.372 e. The van der Waals surface area contributed by atoms with E-state index in [1.807, 2.05) is 13.0 Å². The summed E-state index contributed by atoms with van der Waals surface area (Å²) in [6.07, 6.45) is -2.69. The number of halogens is 1. The van der Waals surface area contributed by atoms with Gasteiger partial charge in [-0.15, -0.1) is 0 Å². The predicted molar refractivity (Wildman–Crippen MR) is 110 cm³/mol. The molecule has 164 valence electrons. The van der Waals surface area contributed by atoms with Crippen molar-refractivity contribution in [1.29, 1.82) is 0 Å². The van der Waals surface area contributed by atoms with Crippen molar-refractivity contribution >= 4 is 17.5 Å². The van der Waals surface area contributed by atoms with Crippen molar-refractivity contribution in [3.63, 3.8) is 0 Å². The van der Waals surface area contributed by atoms with Gasteiger partial charge in [-0.1, -0.05) is 35.9 Å². The molecule has 31 heavy (non-hydrogen) atoms. The van der Waals surface area contributed by atoms with Gasteiger partial charge in [-0.2, -0.15) is 0 Å². The second-order valence-electron chi connectivity index (χ2n) is 8.24. The van der Waals surface area contributed by atoms with Gasteiger partial charge in [-0.05, 0) is 37.5 Å². The van der Waals surface area contributed by atoms with Gasteiger partial charge in [0, 0.05) is 24.2 Å². The summed E-state index contributed by atoms with van der Waals surface area (Å²) < 4.78 is 14.2. The summed E-state index contributed by atoms with van der Waals surface area (Å²) in [5.41, 5.74) is 0.838. The Morgan fingerprint density at radius 1 is 1.19 bits per heavy atom. The number of hydrogen-bond acceptors (Lipinski definition) is 5. The van der Waals surface area contributed by atoms with Crippen LogP contribution in [0.15, 0.2) is 42.5 Å². The zero-order valence-electron chi connectivity index (χ0n) is 17.2. The fourth-order valence-corrected chi connectivity index (χ4v) is 4.60. The maximum absolute atomic E-state index is 14.2. The average Bonchev–Trinajstić information content (AvgIpc) is 3.10. The summed E-state index contributed by atoms with van der Waals surface area (Å²) in [6.45, 7) is 1.95. The number of aliphatic hydroxyl groups excluding tert-OH is 2. The number of fused-ring (bicyclic) bond motifs is 2. The molecule has 8 heteroatoms. The van der Waals surface area contributed by atoms with Crippen LogP contribution in [-0.2, 0) is 21.5 Å². The number of benzene rings is 2. The first-order valence-corrected chi connectivity index (χ1v) is 10.3. The third-order valence-electron chi connectivity index (χ3n) is 6.18. The molecule has 2 amide bonds. The van der Waals surface area contributed by atoms with Gasteiger partial charge >= 0.3 is 0 Å². The summed E-state index contributed by atoms with van der Waals surface area (Å²) in [4.78, 5) is 29.2. The smallest absolute Gasteiger partial charge is 0.242 e. The lowest BCUT2D eigenvalue weighted by molar-refractivity contribution is -0.136.